The molecular weight excluding hydrogens is 548 g/mol. The molecule has 2 nitrogen and oxygen atoms in total. The maximum atomic E-state index is 14.9. The van der Waals surface area contributed by atoms with Crippen LogP contribution in [0.5, 0.6) is 0 Å². The molecule has 0 radical (unpaired) electrons. The quantitative estimate of drug-likeness (QED) is 0.365. The van der Waals surface area contributed by atoms with E-state index in [-0.39, 0.29) is 12.1 Å². The maximum Gasteiger partial charge on any atom is 0.436 e. The Hall–Kier alpha value is -3.44. The number of nitrogens with zero attached hydrogens (tertiary/aromatic N) is 2. The second-order valence-corrected chi connectivity index (χ2v) is 6.84. The average molecular weight is 550 g/mol. The third-order valence-corrected chi connectivity index (χ3v) is 4.82. The van der Waals surface area contributed by atoms with Gasteiger partial charge in [-0.1, -0.05) is 0 Å². The van der Waals surface area contributed by atoms with E-state index in [9.17, 15) is 70.2 Å². The van der Waals surface area contributed by atoms with Gasteiger partial charge >= 0.3 is 36.0 Å². The molecule has 0 heterocycles. The normalized spacial score (nSPS) is 14.1. The molecule has 0 aromatic heterocycles. The minimum Gasteiger partial charge on any atom is -0.218 e. The van der Waals surface area contributed by atoms with Gasteiger partial charge in [0.15, 0.2) is 11.6 Å². The van der Waals surface area contributed by atoms with Gasteiger partial charge in [0.05, 0.1) is 11.1 Å². The van der Waals surface area contributed by atoms with Crippen LogP contribution in [0, 0.1) is 34.3 Å². The van der Waals surface area contributed by atoms with Crippen LogP contribution in [0.1, 0.15) is 22.3 Å². The van der Waals surface area contributed by atoms with E-state index in [1.54, 1.807) is 0 Å². The minimum atomic E-state index is -7.20. The zero-order valence-corrected chi connectivity index (χ0v) is 16.1. The van der Waals surface area contributed by atoms with Gasteiger partial charge in [-0.05, 0) is 22.9 Å². The molecule has 0 aliphatic carbocycles. The summed E-state index contributed by atoms with van der Waals surface area (Å²) in [5.74, 6) is -5.09. The smallest absolute Gasteiger partial charge is 0.218 e. The van der Waals surface area contributed by atoms with E-state index in [2.05, 4.69) is 0 Å². The van der Waals surface area contributed by atoms with Crippen LogP contribution in [0.25, 0.3) is 10.8 Å². The van der Waals surface area contributed by atoms with Crippen LogP contribution in [-0.2, 0) is 11.3 Å². The fraction of sp³-hybridized carbons (Fsp3) is 0.333. The fourth-order valence-electron chi connectivity index (χ4n) is 3.31. The first-order valence-electron chi connectivity index (χ1n) is 8.38. The van der Waals surface area contributed by atoms with Gasteiger partial charge < -0.3 is 0 Å². The monoisotopic (exact) mass is 550 g/mol. The Morgan fingerprint density at radius 1 is 0.472 bits per heavy atom. The van der Waals surface area contributed by atoms with Crippen molar-refractivity contribution in [3.8, 4) is 12.1 Å². The van der Waals surface area contributed by atoms with Crippen LogP contribution in [-0.4, -0.2) is 24.7 Å². The highest BCUT2D eigenvalue weighted by Crippen LogP contribution is 2.60. The summed E-state index contributed by atoms with van der Waals surface area (Å²) in [5.41, 5.74) is -25.7. The molecule has 0 N–H and O–H groups in total. The van der Waals surface area contributed by atoms with E-state index in [1.165, 1.54) is 0 Å². The van der Waals surface area contributed by atoms with Crippen LogP contribution in [0.2, 0.25) is 0 Å². The molecule has 0 bridgehead atoms. The third kappa shape index (κ3) is 3.73. The number of halogens is 16. The van der Waals surface area contributed by atoms with Crippen molar-refractivity contribution in [1.82, 2.24) is 0 Å². The first-order valence-corrected chi connectivity index (χ1v) is 8.38. The zero-order chi connectivity index (χ0) is 28.4. The van der Waals surface area contributed by atoms with Crippen molar-refractivity contribution in [2.45, 2.75) is 36.0 Å². The lowest BCUT2D eigenvalue weighted by Gasteiger charge is -2.35. The first kappa shape index (κ1) is 28.8. The van der Waals surface area contributed by atoms with Crippen LogP contribution >= 0.6 is 0 Å². The van der Waals surface area contributed by atoms with Gasteiger partial charge in [-0.25, -0.2) is 17.6 Å². The number of hydrogen-bond acceptors (Lipinski definition) is 2. The fourth-order valence-corrected chi connectivity index (χ4v) is 3.31. The minimum absolute atomic E-state index is 0.227. The van der Waals surface area contributed by atoms with Crippen molar-refractivity contribution in [3.05, 3.63) is 46.0 Å². The Morgan fingerprint density at radius 3 is 0.861 bits per heavy atom. The molecule has 0 saturated carbocycles. The van der Waals surface area contributed by atoms with Gasteiger partial charge in [0, 0.05) is 11.1 Å². The molecule has 0 atom stereocenters. The van der Waals surface area contributed by atoms with E-state index < -0.39 is 92.8 Å². The van der Waals surface area contributed by atoms with Crippen LogP contribution in [0.3, 0.4) is 0 Å². The summed E-state index contributed by atoms with van der Waals surface area (Å²) in [6, 6.07) is -1.34. The van der Waals surface area contributed by atoms with Gasteiger partial charge in [0.25, 0.3) is 0 Å². The first-order chi connectivity index (χ1) is 15.9. The van der Waals surface area contributed by atoms with E-state index in [0.717, 1.165) is 0 Å². The predicted octanol–water partition coefficient (Wildman–Crippen LogP) is 7.44. The molecule has 0 aliphatic heterocycles. The van der Waals surface area contributed by atoms with Crippen molar-refractivity contribution < 1.29 is 70.2 Å². The Bertz CT molecular complexity index is 1170. The summed E-state index contributed by atoms with van der Waals surface area (Å²) in [7, 11) is 0. The topological polar surface area (TPSA) is 47.6 Å². The summed E-state index contributed by atoms with van der Waals surface area (Å²) in [6.45, 7) is 0. The average Bonchev–Trinajstić information content (AvgIpc) is 2.68. The maximum absolute atomic E-state index is 14.9. The Balaban J connectivity index is 3.56. The van der Waals surface area contributed by atoms with Crippen LogP contribution in [0.4, 0.5) is 70.2 Å². The number of hydrogen-bond donors (Lipinski definition) is 0. The summed E-state index contributed by atoms with van der Waals surface area (Å²) < 4.78 is 218. The largest absolute Gasteiger partial charge is 0.436 e. The summed E-state index contributed by atoms with van der Waals surface area (Å²) in [5, 5.41) is 13.0. The van der Waals surface area contributed by atoms with E-state index >= 15 is 0 Å². The Morgan fingerprint density at radius 2 is 0.694 bits per heavy atom. The lowest BCUT2D eigenvalue weighted by atomic mass is 9.77. The number of benzene rings is 2. The summed E-state index contributed by atoms with van der Waals surface area (Å²) in [4.78, 5) is 0. The molecule has 36 heavy (non-hydrogen) atoms. The van der Waals surface area contributed by atoms with Crippen LogP contribution in [0.15, 0.2) is 12.1 Å². The highest BCUT2D eigenvalue weighted by atomic mass is 19.4. The molecule has 0 fully saturated rings. The number of fused-ring (bicyclic) bond motifs is 1. The summed E-state index contributed by atoms with van der Waals surface area (Å²) in [6.07, 6.45) is -28.8. The van der Waals surface area contributed by atoms with Crippen molar-refractivity contribution in [2.24, 2.45) is 0 Å². The van der Waals surface area contributed by atoms with E-state index in [4.69, 9.17) is 10.5 Å². The van der Waals surface area contributed by atoms with E-state index in [1.807, 2.05) is 0 Å². The molecule has 0 saturated heterocycles. The lowest BCUT2D eigenvalue weighted by Crippen LogP contribution is -2.52. The predicted molar refractivity (Wildman–Crippen MR) is 83.1 cm³/mol. The molecular formula is C18H2F16N2. The molecule has 196 valence electrons. The number of rotatable bonds is 2. The molecule has 0 unspecified atom stereocenters. The van der Waals surface area contributed by atoms with Gasteiger partial charge in [0.2, 0.25) is 0 Å². The Kier molecular flexibility index (Phi) is 6.43. The molecule has 2 aromatic rings. The van der Waals surface area contributed by atoms with Gasteiger partial charge in [-0.3, -0.25) is 0 Å². The summed E-state index contributed by atoms with van der Waals surface area (Å²) >= 11 is 0. The third-order valence-electron chi connectivity index (χ3n) is 4.82. The molecule has 18 heteroatoms. The molecule has 0 amide bonds. The number of nitriles is 2. The van der Waals surface area contributed by atoms with Crippen molar-refractivity contribution in [1.29, 1.82) is 10.5 Å². The Labute approximate surface area is 186 Å². The number of alkyl halides is 14. The van der Waals surface area contributed by atoms with Gasteiger partial charge in [-0.15, -0.1) is 0 Å². The van der Waals surface area contributed by atoms with Crippen LogP contribution < -0.4 is 0 Å². The highest BCUT2D eigenvalue weighted by molar-refractivity contribution is 5.95. The van der Waals surface area contributed by atoms with Gasteiger partial charge in [0.1, 0.15) is 12.1 Å². The zero-order valence-electron chi connectivity index (χ0n) is 16.1. The highest BCUT2D eigenvalue weighted by Gasteiger charge is 2.77. The van der Waals surface area contributed by atoms with Crippen molar-refractivity contribution >= 4 is 10.8 Å². The van der Waals surface area contributed by atoms with Crippen molar-refractivity contribution in [2.75, 3.05) is 0 Å². The molecule has 0 spiro atoms. The molecule has 2 rings (SSSR count). The standard InChI is InChI=1S/C18H2F16N2/c19-9-1-5-6(2-10(9)20)12(14(22,17(29,30)31)18(32,33)34)8(4-36)7(3-35)11(5)13(21,15(23,24)25)16(26,27)28/h1-2H. The second-order valence-electron chi connectivity index (χ2n) is 6.84. The molecule has 2 aromatic carbocycles. The SMILES string of the molecule is N#Cc1c(C#N)c(C(F)(C(F)(F)F)C(F)(F)F)c2cc(F)c(F)cc2c1C(F)(C(F)(F)F)C(F)(F)F. The van der Waals surface area contributed by atoms with Gasteiger partial charge in [-0.2, -0.15) is 63.2 Å². The lowest BCUT2D eigenvalue weighted by molar-refractivity contribution is -0.350. The van der Waals surface area contributed by atoms with E-state index in [0.29, 0.717) is 0 Å². The molecule has 0 aliphatic rings. The van der Waals surface area contributed by atoms with Crippen molar-refractivity contribution in [3.63, 3.8) is 0 Å². The second kappa shape index (κ2) is 8.04.